The SMILES string of the molecule is O=C(CCn1cnc2ccc(Br)cc2c1=O)NCC(c1cccs1)N1CCCC1. The molecule has 3 heterocycles. The van der Waals surface area contributed by atoms with Gasteiger partial charge in [-0.25, -0.2) is 4.98 Å². The van der Waals surface area contributed by atoms with Crippen LogP contribution in [0.3, 0.4) is 0 Å². The highest BCUT2D eigenvalue weighted by Crippen LogP contribution is 2.27. The lowest BCUT2D eigenvalue weighted by atomic mass is 10.2. The molecular formula is C21H23BrN4O2S. The van der Waals surface area contributed by atoms with Crippen molar-refractivity contribution in [3.63, 3.8) is 0 Å². The summed E-state index contributed by atoms with van der Waals surface area (Å²) in [7, 11) is 0. The average molecular weight is 475 g/mol. The van der Waals surface area contributed by atoms with Crippen LogP contribution in [0.2, 0.25) is 0 Å². The predicted octanol–water partition coefficient (Wildman–Crippen LogP) is 3.56. The van der Waals surface area contributed by atoms with E-state index >= 15 is 0 Å². The van der Waals surface area contributed by atoms with Gasteiger partial charge >= 0.3 is 0 Å². The summed E-state index contributed by atoms with van der Waals surface area (Å²) in [6.07, 6.45) is 4.19. The molecule has 4 rings (SSSR count). The molecule has 1 aromatic carbocycles. The molecule has 6 nitrogen and oxygen atoms in total. The van der Waals surface area contributed by atoms with Crippen molar-refractivity contribution in [1.29, 1.82) is 0 Å². The van der Waals surface area contributed by atoms with Gasteiger partial charge in [0.05, 0.1) is 23.3 Å². The zero-order chi connectivity index (χ0) is 20.2. The largest absolute Gasteiger partial charge is 0.354 e. The van der Waals surface area contributed by atoms with Crippen LogP contribution in [0, 0.1) is 0 Å². The molecule has 8 heteroatoms. The van der Waals surface area contributed by atoms with E-state index in [4.69, 9.17) is 0 Å². The monoisotopic (exact) mass is 474 g/mol. The Balaban J connectivity index is 1.38. The molecule has 0 spiro atoms. The zero-order valence-corrected chi connectivity index (χ0v) is 18.4. The van der Waals surface area contributed by atoms with Crippen molar-refractivity contribution in [3.05, 3.63) is 61.7 Å². The Morgan fingerprint density at radius 1 is 1.28 bits per heavy atom. The van der Waals surface area contributed by atoms with Crippen LogP contribution in [-0.4, -0.2) is 40.0 Å². The standard InChI is InChI=1S/C21H23BrN4O2S/c22-15-5-6-17-16(12-15)21(28)26(14-24-17)10-7-20(27)23-13-18(19-4-3-11-29-19)25-8-1-2-9-25/h3-6,11-12,14,18H,1-2,7-10,13H2,(H,23,27). The lowest BCUT2D eigenvalue weighted by molar-refractivity contribution is -0.121. The van der Waals surface area contributed by atoms with Crippen molar-refractivity contribution in [2.45, 2.75) is 31.8 Å². The van der Waals surface area contributed by atoms with E-state index in [1.165, 1.54) is 28.6 Å². The molecule has 1 saturated heterocycles. The molecule has 29 heavy (non-hydrogen) atoms. The summed E-state index contributed by atoms with van der Waals surface area (Å²) in [5, 5.41) is 5.70. The number of hydrogen-bond acceptors (Lipinski definition) is 5. The third kappa shape index (κ3) is 4.76. The smallest absolute Gasteiger partial charge is 0.261 e. The number of fused-ring (bicyclic) bond motifs is 1. The van der Waals surface area contributed by atoms with Gasteiger partial charge in [0.25, 0.3) is 5.56 Å². The highest BCUT2D eigenvalue weighted by Gasteiger charge is 2.24. The Morgan fingerprint density at radius 2 is 2.10 bits per heavy atom. The normalized spacial score (nSPS) is 15.6. The lowest BCUT2D eigenvalue weighted by Crippen LogP contribution is -2.37. The van der Waals surface area contributed by atoms with Gasteiger partial charge in [-0.05, 0) is 55.6 Å². The van der Waals surface area contributed by atoms with Gasteiger partial charge in [-0.1, -0.05) is 22.0 Å². The average Bonchev–Trinajstić information content (AvgIpc) is 3.43. The molecule has 1 unspecified atom stereocenters. The first-order chi connectivity index (χ1) is 14.1. The minimum Gasteiger partial charge on any atom is -0.354 e. The van der Waals surface area contributed by atoms with Crippen molar-refractivity contribution in [2.75, 3.05) is 19.6 Å². The number of hydrogen-bond donors (Lipinski definition) is 1. The van der Waals surface area contributed by atoms with Crippen LogP contribution in [0.25, 0.3) is 10.9 Å². The fourth-order valence-corrected chi connectivity index (χ4v) is 4.98. The van der Waals surface area contributed by atoms with Crippen LogP contribution in [0.1, 0.15) is 30.2 Å². The maximum Gasteiger partial charge on any atom is 0.261 e. The second-order valence-corrected chi connectivity index (χ2v) is 9.13. The van der Waals surface area contributed by atoms with E-state index in [1.54, 1.807) is 23.5 Å². The van der Waals surface area contributed by atoms with Crippen molar-refractivity contribution < 1.29 is 4.79 Å². The number of nitrogens with one attached hydrogen (secondary N) is 1. The molecule has 1 fully saturated rings. The summed E-state index contributed by atoms with van der Waals surface area (Å²) < 4.78 is 2.34. The maximum absolute atomic E-state index is 12.7. The number of halogens is 1. The van der Waals surface area contributed by atoms with Gasteiger partial charge in [-0.2, -0.15) is 0 Å². The first-order valence-corrected chi connectivity index (χ1v) is 11.5. The Hall–Kier alpha value is -2.03. The minimum absolute atomic E-state index is 0.0491. The zero-order valence-electron chi connectivity index (χ0n) is 16.0. The lowest BCUT2D eigenvalue weighted by Gasteiger charge is -2.27. The summed E-state index contributed by atoms with van der Waals surface area (Å²) in [5.74, 6) is -0.0491. The summed E-state index contributed by atoms with van der Waals surface area (Å²) in [5.41, 5.74) is 0.529. The van der Waals surface area contributed by atoms with Crippen LogP contribution in [0.15, 0.2) is 51.3 Å². The summed E-state index contributed by atoms with van der Waals surface area (Å²) >= 11 is 5.12. The summed E-state index contributed by atoms with van der Waals surface area (Å²) in [6.45, 7) is 3.06. The van der Waals surface area contributed by atoms with E-state index in [-0.39, 0.29) is 23.9 Å². The van der Waals surface area contributed by atoms with Gasteiger partial charge in [0.1, 0.15) is 0 Å². The maximum atomic E-state index is 12.7. The molecule has 0 aliphatic carbocycles. The molecule has 1 aliphatic rings. The van der Waals surface area contributed by atoms with Gasteiger partial charge < -0.3 is 5.32 Å². The summed E-state index contributed by atoms with van der Waals surface area (Å²) in [4.78, 5) is 33.2. The van der Waals surface area contributed by atoms with E-state index in [0.717, 1.165) is 17.6 Å². The molecule has 152 valence electrons. The molecular weight excluding hydrogens is 452 g/mol. The first kappa shape index (κ1) is 20.3. The van der Waals surface area contributed by atoms with Crippen LogP contribution in [-0.2, 0) is 11.3 Å². The number of nitrogens with zero attached hydrogens (tertiary/aromatic N) is 3. The van der Waals surface area contributed by atoms with Gasteiger partial charge in [0.15, 0.2) is 0 Å². The molecule has 0 radical (unpaired) electrons. The Morgan fingerprint density at radius 3 is 2.86 bits per heavy atom. The molecule has 1 aliphatic heterocycles. The van der Waals surface area contributed by atoms with Crippen molar-refractivity contribution in [1.82, 2.24) is 19.8 Å². The van der Waals surface area contributed by atoms with Crippen molar-refractivity contribution >= 4 is 44.1 Å². The number of carbonyl (C=O) groups excluding carboxylic acids is 1. The molecule has 1 N–H and O–H groups in total. The summed E-state index contributed by atoms with van der Waals surface area (Å²) in [6, 6.07) is 9.85. The Bertz CT molecular complexity index is 1040. The van der Waals surface area contributed by atoms with E-state index in [1.807, 2.05) is 6.07 Å². The Kier molecular flexibility index (Phi) is 6.42. The third-order valence-corrected chi connectivity index (χ3v) is 6.78. The second-order valence-electron chi connectivity index (χ2n) is 7.23. The number of rotatable bonds is 7. The van der Waals surface area contributed by atoms with Crippen molar-refractivity contribution in [2.24, 2.45) is 0 Å². The van der Waals surface area contributed by atoms with Crippen LogP contribution in [0.4, 0.5) is 0 Å². The number of carbonyl (C=O) groups is 1. The highest BCUT2D eigenvalue weighted by atomic mass is 79.9. The fourth-order valence-electron chi connectivity index (χ4n) is 3.76. The third-order valence-electron chi connectivity index (χ3n) is 5.31. The molecule has 2 aromatic heterocycles. The second kappa shape index (κ2) is 9.19. The van der Waals surface area contributed by atoms with Crippen molar-refractivity contribution in [3.8, 4) is 0 Å². The Labute approximate surface area is 181 Å². The van der Waals surface area contributed by atoms with E-state index < -0.39 is 0 Å². The van der Waals surface area contributed by atoms with E-state index in [9.17, 15) is 9.59 Å². The number of aromatic nitrogens is 2. The van der Waals surface area contributed by atoms with Crippen LogP contribution in [0.5, 0.6) is 0 Å². The molecule has 0 saturated carbocycles. The van der Waals surface area contributed by atoms with E-state index in [0.29, 0.717) is 24.0 Å². The van der Waals surface area contributed by atoms with Crippen LogP contribution < -0.4 is 10.9 Å². The topological polar surface area (TPSA) is 67.2 Å². The van der Waals surface area contributed by atoms with Gasteiger partial charge in [-0.3, -0.25) is 19.1 Å². The van der Waals surface area contributed by atoms with Gasteiger partial charge in [0.2, 0.25) is 5.91 Å². The number of amides is 1. The molecule has 3 aromatic rings. The fraction of sp³-hybridized carbons (Fsp3) is 0.381. The molecule has 1 amide bonds. The van der Waals surface area contributed by atoms with Gasteiger partial charge in [-0.15, -0.1) is 11.3 Å². The molecule has 1 atom stereocenters. The quantitative estimate of drug-likeness (QED) is 0.568. The highest BCUT2D eigenvalue weighted by molar-refractivity contribution is 9.10. The predicted molar refractivity (Wildman–Crippen MR) is 119 cm³/mol. The number of benzene rings is 1. The van der Waals surface area contributed by atoms with Gasteiger partial charge in [0, 0.05) is 28.9 Å². The molecule has 0 bridgehead atoms. The first-order valence-electron chi connectivity index (χ1n) is 9.80. The van der Waals surface area contributed by atoms with Crippen LogP contribution >= 0.6 is 27.3 Å². The number of aryl methyl sites for hydroxylation is 1. The minimum atomic E-state index is -0.127. The number of likely N-dealkylation sites (tertiary alicyclic amines) is 1. The van der Waals surface area contributed by atoms with E-state index in [2.05, 4.69) is 48.6 Å². The number of thiophene rings is 1.